The summed E-state index contributed by atoms with van der Waals surface area (Å²) in [4.78, 5) is 19.0. The second-order valence-electron chi connectivity index (χ2n) is 9.23. The molecule has 4 rings (SSSR count). The normalized spacial score (nSPS) is 13.3. The van der Waals surface area contributed by atoms with Crippen molar-refractivity contribution in [3.05, 3.63) is 58.8 Å². The molecule has 1 amide bonds. The Balaban J connectivity index is 0.000000532. The number of benzene rings is 2. The minimum absolute atomic E-state index is 0.123. The zero-order valence-electron chi connectivity index (χ0n) is 22.3. The van der Waals surface area contributed by atoms with Crippen molar-refractivity contribution in [3.63, 3.8) is 0 Å². The molecule has 4 nitrogen and oxygen atoms in total. The van der Waals surface area contributed by atoms with Crippen molar-refractivity contribution in [2.24, 2.45) is 0 Å². The van der Waals surface area contributed by atoms with Gasteiger partial charge in [-0.1, -0.05) is 0 Å². The fourth-order valence-corrected chi connectivity index (χ4v) is 7.42. The number of nitrogens with zero attached hydrogens (tertiary/aromatic N) is 3. The second kappa shape index (κ2) is 10.5. The topological polar surface area (TPSA) is 26.6 Å². The van der Waals surface area contributed by atoms with E-state index < -0.39 is 7.81 Å². The summed E-state index contributed by atoms with van der Waals surface area (Å²) in [5.74, 6) is 0.123. The Morgan fingerprint density at radius 3 is 2.08 bits per heavy atom. The Bertz CT molecular complexity index is 1550. The van der Waals surface area contributed by atoms with Crippen LogP contribution in [-0.2, 0) is 0 Å². The number of hydrogen-bond acceptors (Lipinski definition) is 3. The van der Waals surface area contributed by atoms with Crippen molar-refractivity contribution in [1.29, 1.82) is 0 Å². The first kappa shape index (κ1) is 31.1. The predicted octanol–water partition coefficient (Wildman–Crippen LogP) is 7.69. The van der Waals surface area contributed by atoms with Crippen LogP contribution in [0.1, 0.15) is 23.5 Å². The van der Waals surface area contributed by atoms with E-state index in [2.05, 4.69) is 80.1 Å². The molecule has 13 heteroatoms. The van der Waals surface area contributed by atoms with Gasteiger partial charge in [-0.3, -0.25) is 0 Å². The molecule has 0 fully saturated rings. The van der Waals surface area contributed by atoms with E-state index >= 15 is 0 Å². The van der Waals surface area contributed by atoms with Gasteiger partial charge in [0, 0.05) is 0 Å². The number of rotatable bonds is 5. The molecule has 0 atom stereocenters. The maximum absolute atomic E-state index is 13.0. The van der Waals surface area contributed by atoms with Gasteiger partial charge in [-0.05, 0) is 0 Å². The molecular weight excluding hydrogens is 626 g/mol. The monoisotopic (exact) mass is 657 g/mol. The van der Waals surface area contributed by atoms with Gasteiger partial charge in [-0.15, -0.1) is 0 Å². The summed E-state index contributed by atoms with van der Waals surface area (Å²) in [7, 11) is -2.31. The van der Waals surface area contributed by atoms with Crippen LogP contribution in [0.5, 0.6) is 0 Å². The van der Waals surface area contributed by atoms with Crippen LogP contribution in [0, 0.1) is 0 Å². The number of amides is 1. The fraction of sp³-hybridized carbons (Fsp3) is 0.308. The van der Waals surface area contributed by atoms with E-state index in [1.54, 1.807) is 11.3 Å². The van der Waals surface area contributed by atoms with Gasteiger partial charge in [-0.25, -0.2) is 0 Å². The van der Waals surface area contributed by atoms with Gasteiger partial charge in [0.15, 0.2) is 0 Å². The van der Waals surface area contributed by atoms with Crippen LogP contribution in [-0.4, -0.2) is 66.6 Å². The van der Waals surface area contributed by atoms with Crippen molar-refractivity contribution < 1.29 is 30.0 Å². The Kier molecular flexibility index (Phi) is 8.42. The molecule has 0 spiro atoms. The average molecular weight is 657 g/mol. The van der Waals surface area contributed by atoms with E-state index in [-0.39, 0.29) is 20.4 Å². The number of anilines is 1. The Morgan fingerprint density at radius 2 is 1.54 bits per heavy atom. The van der Waals surface area contributed by atoms with Crippen LogP contribution >= 0.6 is 19.1 Å². The van der Waals surface area contributed by atoms with Gasteiger partial charge < -0.3 is 0 Å². The zero-order valence-corrected chi connectivity index (χ0v) is 25.7. The van der Waals surface area contributed by atoms with E-state index in [0.29, 0.717) is 0 Å². The molecular formula is C26H30F6N3OPSSe. The van der Waals surface area contributed by atoms with Gasteiger partial charge in [0.1, 0.15) is 0 Å². The number of halogens is 6. The van der Waals surface area contributed by atoms with Crippen molar-refractivity contribution in [2.45, 2.75) is 13.8 Å². The Morgan fingerprint density at radius 1 is 0.923 bits per heavy atom. The van der Waals surface area contributed by atoms with Gasteiger partial charge in [0.25, 0.3) is 0 Å². The van der Waals surface area contributed by atoms with Gasteiger partial charge in [-0.2, -0.15) is 0 Å². The number of thiophene rings is 1. The number of fused-ring (bicyclic) bond motifs is 2. The van der Waals surface area contributed by atoms with Crippen molar-refractivity contribution in [1.82, 2.24) is 9.48 Å². The van der Waals surface area contributed by atoms with E-state index in [4.69, 9.17) is 0 Å². The first-order valence-corrected chi connectivity index (χ1v) is 16.5. The predicted molar refractivity (Wildman–Crippen MR) is 153 cm³/mol. The number of carbonyl (C=O) groups excluding carboxylic acids is 1. The van der Waals surface area contributed by atoms with Crippen LogP contribution in [0.2, 0.25) is 0 Å². The third kappa shape index (κ3) is 8.55. The maximum atomic E-state index is 13.0. The summed E-state index contributed by atoms with van der Waals surface area (Å²) in [5, 5.41) is 2.52. The molecule has 0 bridgehead atoms. The van der Waals surface area contributed by atoms with Gasteiger partial charge in [0.2, 0.25) is 0 Å². The van der Waals surface area contributed by atoms with Crippen LogP contribution in [0.25, 0.3) is 30.1 Å². The SMILES string of the molecule is CCN(CC)C(=O)c1ccc(-c2c3ccc(=[N+](C)C)cc-3[se]c3cc(N(C)C)ccc23)s1.F[P-](F)(F)(F)(F)F. The van der Waals surface area contributed by atoms with Crippen molar-refractivity contribution >= 4 is 54.9 Å². The van der Waals surface area contributed by atoms with E-state index in [0.717, 1.165) is 22.8 Å². The molecule has 0 saturated heterocycles. The van der Waals surface area contributed by atoms with Crippen LogP contribution in [0.4, 0.5) is 30.9 Å². The standard InChI is InChI=1S/C26H30N3OSSe.F6P/c1-7-29(8-2)26(30)22-14-13-21(31-22)25-19-11-9-17(27(3)4)15-23(19)32-24-16-18(28(5)6)10-12-20(24)25;1-7(2,3,4,5)6/h9-16H,7-8H2,1-6H3;/q+1;-1. The summed E-state index contributed by atoms with van der Waals surface area (Å²) in [6, 6.07) is 17.7. The summed E-state index contributed by atoms with van der Waals surface area (Å²) >= 11 is 1.84. The van der Waals surface area contributed by atoms with E-state index in [9.17, 15) is 30.0 Å². The molecule has 2 aliphatic rings. The van der Waals surface area contributed by atoms with E-state index in [1.165, 1.54) is 36.3 Å². The van der Waals surface area contributed by atoms with Crippen molar-refractivity contribution in [2.75, 3.05) is 46.2 Å². The first-order chi connectivity index (χ1) is 17.8. The quantitative estimate of drug-likeness (QED) is 0.0725. The third-order valence-corrected chi connectivity index (χ3v) is 9.27. The number of carbonyl (C=O) groups is 1. The summed E-state index contributed by atoms with van der Waals surface area (Å²) < 4.78 is 64.1. The molecule has 2 heterocycles. The number of hydrogen-bond donors (Lipinski definition) is 0. The molecule has 1 aliphatic carbocycles. The molecule has 1 aromatic carbocycles. The first-order valence-electron chi connectivity index (χ1n) is 11.9. The molecule has 0 radical (unpaired) electrons. The average Bonchev–Trinajstić information content (AvgIpc) is 3.30. The summed E-state index contributed by atoms with van der Waals surface area (Å²) in [6.45, 7) is 5.53. The molecule has 39 heavy (non-hydrogen) atoms. The molecule has 0 N–H and O–H groups in total. The van der Waals surface area contributed by atoms with Gasteiger partial charge in [0.05, 0.1) is 0 Å². The molecule has 1 aliphatic heterocycles. The molecule has 0 unspecified atom stereocenters. The molecule has 214 valence electrons. The third-order valence-electron chi connectivity index (χ3n) is 5.84. The van der Waals surface area contributed by atoms with Crippen LogP contribution in [0.15, 0.2) is 48.5 Å². The molecule has 2 aromatic rings. The van der Waals surface area contributed by atoms with Gasteiger partial charge >= 0.3 is 234 Å². The Hall–Kier alpha value is -2.39. The Labute approximate surface area is 233 Å². The molecule has 0 saturated carbocycles. The minimum atomic E-state index is -10.7. The second-order valence-corrected chi connectivity index (χ2v) is 14.5. The summed E-state index contributed by atoms with van der Waals surface area (Å²) in [5.41, 5.74) is 3.77. The fourth-order valence-electron chi connectivity index (χ4n) is 3.94. The van der Waals surface area contributed by atoms with Crippen molar-refractivity contribution in [3.8, 4) is 20.4 Å². The van der Waals surface area contributed by atoms with E-state index in [1.807, 2.05) is 24.8 Å². The molecule has 1 aromatic heterocycles. The van der Waals surface area contributed by atoms with Crippen LogP contribution in [0.3, 0.4) is 0 Å². The zero-order chi connectivity index (χ0) is 29.4. The summed E-state index contributed by atoms with van der Waals surface area (Å²) in [6.07, 6.45) is 0. The van der Waals surface area contributed by atoms with Crippen LogP contribution < -0.4 is 14.8 Å².